The molecule has 98 valence electrons. The fraction of sp³-hybridized carbons (Fsp3) is 0.273. The minimum absolute atomic E-state index is 0.0648. The zero-order valence-corrected chi connectivity index (χ0v) is 11.1. The zero-order chi connectivity index (χ0) is 13.3. The molecule has 0 aliphatic carbocycles. The second-order valence-corrected chi connectivity index (χ2v) is 6.20. The topological polar surface area (TPSA) is 48.3 Å². The lowest BCUT2D eigenvalue weighted by Crippen LogP contribution is -1.97. The van der Waals surface area contributed by atoms with Gasteiger partial charge in [0.1, 0.15) is 17.3 Å². The van der Waals surface area contributed by atoms with Crippen molar-refractivity contribution in [3.05, 3.63) is 24.4 Å². The number of nitrogens with zero attached hydrogens (tertiary/aromatic N) is 1. The summed E-state index contributed by atoms with van der Waals surface area (Å²) < 4.78 is 42.2. The van der Waals surface area contributed by atoms with E-state index in [0.29, 0.717) is 16.7 Å². The van der Waals surface area contributed by atoms with Crippen molar-refractivity contribution in [3.8, 4) is 5.75 Å². The van der Waals surface area contributed by atoms with Gasteiger partial charge in [-0.2, -0.15) is 0 Å². The Hall–Kier alpha value is -1.27. The molecule has 0 spiro atoms. The summed E-state index contributed by atoms with van der Waals surface area (Å²) in [6.45, 7) is -0.529. The quantitative estimate of drug-likeness (QED) is 0.813. The van der Waals surface area contributed by atoms with E-state index < -0.39 is 15.7 Å². The molecule has 0 fully saturated rings. The van der Waals surface area contributed by atoms with Gasteiger partial charge in [-0.3, -0.25) is 0 Å². The maximum absolute atomic E-state index is 12.5. The highest BCUT2D eigenvalue weighted by Gasteiger charge is 2.21. The van der Waals surface area contributed by atoms with Crippen molar-refractivity contribution in [2.24, 2.45) is 0 Å². The first-order valence-electron chi connectivity index (χ1n) is 5.15. The monoisotopic (exact) mass is 291 g/mol. The lowest BCUT2D eigenvalue weighted by Gasteiger charge is -2.04. The van der Waals surface area contributed by atoms with Crippen molar-refractivity contribution in [2.75, 3.05) is 13.8 Å². The zero-order valence-electron chi connectivity index (χ0n) is 9.56. The van der Waals surface area contributed by atoms with Crippen LogP contribution in [0.2, 0.25) is 0 Å². The molecule has 1 aromatic heterocycles. The Morgan fingerprint density at radius 2 is 2.17 bits per heavy atom. The molecule has 0 saturated carbocycles. The molecule has 0 unspecified atom stereocenters. The van der Waals surface area contributed by atoms with E-state index in [2.05, 4.69) is 0 Å². The lowest BCUT2D eigenvalue weighted by atomic mass is 10.2. The van der Waals surface area contributed by atoms with Crippen LogP contribution in [-0.2, 0) is 15.6 Å². The molecule has 0 amide bonds. The fourth-order valence-corrected chi connectivity index (χ4v) is 2.97. The van der Waals surface area contributed by atoms with E-state index in [9.17, 15) is 12.8 Å². The first kappa shape index (κ1) is 13.2. The summed E-state index contributed by atoms with van der Waals surface area (Å²) in [6, 6.07) is 5.04. The van der Waals surface area contributed by atoms with E-state index in [0.717, 1.165) is 0 Å². The summed E-state index contributed by atoms with van der Waals surface area (Å²) in [4.78, 5) is -0.0648. The van der Waals surface area contributed by atoms with Crippen LogP contribution < -0.4 is 4.74 Å². The van der Waals surface area contributed by atoms with Gasteiger partial charge in [0.2, 0.25) is 0 Å². The van der Waals surface area contributed by atoms with Crippen LogP contribution >= 0.6 is 10.7 Å². The molecule has 0 aliphatic rings. The summed E-state index contributed by atoms with van der Waals surface area (Å²) in [6.07, 6.45) is 1.33. The molecule has 2 aromatic rings. The average molecular weight is 292 g/mol. The number of benzene rings is 1. The predicted octanol–water partition coefficient (Wildman–Crippen LogP) is 2.55. The number of alkyl halides is 1. The number of methoxy groups -OCH3 is 1. The molecule has 1 aromatic carbocycles. The van der Waals surface area contributed by atoms with E-state index >= 15 is 0 Å². The molecule has 1 heterocycles. The Bertz CT molecular complexity index is 681. The first-order chi connectivity index (χ1) is 8.49. The van der Waals surface area contributed by atoms with Gasteiger partial charge < -0.3 is 9.30 Å². The Balaban J connectivity index is 2.85. The van der Waals surface area contributed by atoms with Crippen molar-refractivity contribution < 1.29 is 17.5 Å². The van der Waals surface area contributed by atoms with Gasteiger partial charge in [-0.05, 0) is 12.1 Å². The van der Waals surface area contributed by atoms with Crippen molar-refractivity contribution >= 4 is 30.6 Å². The molecule has 0 aliphatic heterocycles. The van der Waals surface area contributed by atoms with E-state index in [1.165, 1.54) is 17.9 Å². The van der Waals surface area contributed by atoms with E-state index in [4.69, 9.17) is 15.4 Å². The molecule has 0 saturated heterocycles. The predicted molar refractivity (Wildman–Crippen MR) is 67.5 cm³/mol. The molecule has 18 heavy (non-hydrogen) atoms. The highest BCUT2D eigenvalue weighted by molar-refractivity contribution is 8.14. The number of hydrogen-bond acceptors (Lipinski definition) is 3. The fourth-order valence-electron chi connectivity index (χ4n) is 1.91. The summed E-state index contributed by atoms with van der Waals surface area (Å²) in [5.74, 6) is 0.393. The van der Waals surface area contributed by atoms with Gasteiger partial charge in [0, 0.05) is 16.9 Å². The number of aromatic nitrogens is 1. The summed E-state index contributed by atoms with van der Waals surface area (Å²) >= 11 is 0. The van der Waals surface area contributed by atoms with Crippen LogP contribution in [0.25, 0.3) is 10.9 Å². The number of aryl methyl sites for hydroxylation is 1. The van der Waals surface area contributed by atoms with Crippen LogP contribution in [0.3, 0.4) is 0 Å². The van der Waals surface area contributed by atoms with Crippen LogP contribution in [0.15, 0.2) is 29.3 Å². The second-order valence-electron chi connectivity index (χ2n) is 3.67. The summed E-state index contributed by atoms with van der Waals surface area (Å²) in [5, 5.41) is 0.378. The third-order valence-corrected chi connectivity index (χ3v) is 3.97. The highest BCUT2D eigenvalue weighted by Crippen LogP contribution is 2.34. The Labute approximate surface area is 108 Å². The Kier molecular flexibility index (Phi) is 3.49. The minimum atomic E-state index is -3.91. The molecule has 0 radical (unpaired) electrons. The average Bonchev–Trinajstić information content (AvgIpc) is 2.68. The summed E-state index contributed by atoms with van der Waals surface area (Å²) in [7, 11) is 2.92. The summed E-state index contributed by atoms with van der Waals surface area (Å²) in [5.41, 5.74) is 0.575. The third-order valence-electron chi connectivity index (χ3n) is 2.64. The first-order valence-corrected chi connectivity index (χ1v) is 7.46. The van der Waals surface area contributed by atoms with Gasteiger partial charge in [0.15, 0.2) is 0 Å². The van der Waals surface area contributed by atoms with E-state index in [1.54, 1.807) is 18.2 Å². The molecule has 7 heteroatoms. The number of halogens is 2. The van der Waals surface area contributed by atoms with Crippen LogP contribution in [0.1, 0.15) is 0 Å². The van der Waals surface area contributed by atoms with Gasteiger partial charge >= 0.3 is 0 Å². The van der Waals surface area contributed by atoms with Crippen molar-refractivity contribution in [1.29, 1.82) is 0 Å². The second kappa shape index (κ2) is 4.78. The minimum Gasteiger partial charge on any atom is -0.496 e. The third kappa shape index (κ3) is 2.18. The molecule has 0 bridgehead atoms. The van der Waals surface area contributed by atoms with Gasteiger partial charge in [-0.25, -0.2) is 12.8 Å². The largest absolute Gasteiger partial charge is 0.496 e. The number of hydrogen-bond donors (Lipinski definition) is 0. The van der Waals surface area contributed by atoms with Crippen molar-refractivity contribution in [3.63, 3.8) is 0 Å². The number of ether oxygens (including phenoxy) is 1. The smallest absolute Gasteiger partial charge is 0.263 e. The molecule has 0 atom stereocenters. The maximum Gasteiger partial charge on any atom is 0.263 e. The molecule has 4 nitrogen and oxygen atoms in total. The van der Waals surface area contributed by atoms with Crippen LogP contribution in [0.4, 0.5) is 4.39 Å². The van der Waals surface area contributed by atoms with E-state index in [-0.39, 0.29) is 11.4 Å². The number of rotatable bonds is 4. The maximum atomic E-state index is 12.5. The molecule has 2 rings (SSSR count). The van der Waals surface area contributed by atoms with Crippen LogP contribution in [-0.4, -0.2) is 26.8 Å². The standard InChI is InChI=1S/C11H11ClFNO3S/c1-17-9-4-2-3-8-11(9)10(18(12,15)16)7-14(8)6-5-13/h2-4,7H,5-6H2,1H3. The molecular formula is C11H11ClFNO3S. The van der Waals surface area contributed by atoms with Crippen molar-refractivity contribution in [1.82, 2.24) is 4.57 Å². The van der Waals surface area contributed by atoms with Crippen LogP contribution in [0.5, 0.6) is 5.75 Å². The Morgan fingerprint density at radius 3 is 2.72 bits per heavy atom. The lowest BCUT2D eigenvalue weighted by molar-refractivity contribution is 0.419. The van der Waals surface area contributed by atoms with Crippen LogP contribution in [0, 0.1) is 0 Å². The van der Waals surface area contributed by atoms with Gasteiger partial charge in [-0.15, -0.1) is 0 Å². The van der Waals surface area contributed by atoms with E-state index in [1.807, 2.05) is 0 Å². The van der Waals surface area contributed by atoms with Crippen molar-refractivity contribution in [2.45, 2.75) is 11.4 Å². The molecular weight excluding hydrogens is 281 g/mol. The van der Waals surface area contributed by atoms with Gasteiger partial charge in [0.05, 0.1) is 24.6 Å². The normalized spacial score (nSPS) is 11.9. The SMILES string of the molecule is COc1cccc2c1c(S(=O)(=O)Cl)cn2CCF. The highest BCUT2D eigenvalue weighted by atomic mass is 35.7. The van der Waals surface area contributed by atoms with Gasteiger partial charge in [-0.1, -0.05) is 6.07 Å². The van der Waals surface area contributed by atoms with Gasteiger partial charge in [0.25, 0.3) is 9.05 Å². The Morgan fingerprint density at radius 1 is 1.44 bits per heavy atom. The molecule has 0 N–H and O–H groups in total. The number of fused-ring (bicyclic) bond motifs is 1.